The van der Waals surface area contributed by atoms with E-state index < -0.39 is 18.3 Å². The number of carbonyl (C=O) groups excluding carboxylic acids is 1. The zero-order valence-corrected chi connectivity index (χ0v) is 15.1. The number of hydrogen-bond donors (Lipinski definition) is 1. The van der Waals surface area contributed by atoms with E-state index in [4.69, 9.17) is 9.31 Å². The highest BCUT2D eigenvalue weighted by atomic mass is 16.7. The van der Waals surface area contributed by atoms with Crippen molar-refractivity contribution in [2.75, 3.05) is 0 Å². The normalized spacial score (nSPS) is 18.2. The predicted molar refractivity (Wildman–Crippen MR) is 97.6 cm³/mol. The third-order valence-electron chi connectivity index (χ3n) is 4.83. The second kappa shape index (κ2) is 6.62. The van der Waals surface area contributed by atoms with E-state index in [1.807, 2.05) is 58.0 Å². The van der Waals surface area contributed by atoms with E-state index in [-0.39, 0.29) is 5.91 Å². The zero-order valence-electron chi connectivity index (χ0n) is 15.1. The lowest BCUT2D eigenvalue weighted by molar-refractivity contribution is 0.00578. The molecule has 0 atom stereocenters. The minimum Gasteiger partial charge on any atom is -0.398 e. The van der Waals surface area contributed by atoms with Crippen LogP contribution in [0.2, 0.25) is 0 Å². The molecule has 0 spiro atoms. The molecule has 2 heterocycles. The summed E-state index contributed by atoms with van der Waals surface area (Å²) in [5, 5.41) is 2.92. The molecule has 1 aromatic carbocycles. The van der Waals surface area contributed by atoms with Crippen molar-refractivity contribution in [3.63, 3.8) is 0 Å². The van der Waals surface area contributed by atoms with Crippen molar-refractivity contribution in [1.29, 1.82) is 0 Å². The summed E-state index contributed by atoms with van der Waals surface area (Å²) in [7, 11) is -0.577. The van der Waals surface area contributed by atoms with Crippen LogP contribution in [0.4, 0.5) is 0 Å². The maximum Gasteiger partial charge on any atom is 0.514 e. The van der Waals surface area contributed by atoms with Gasteiger partial charge in [-0.25, -0.2) is 0 Å². The molecule has 0 saturated carbocycles. The number of rotatable bonds is 4. The van der Waals surface area contributed by atoms with E-state index in [0.717, 1.165) is 5.56 Å². The van der Waals surface area contributed by atoms with Crippen LogP contribution in [-0.2, 0) is 15.9 Å². The first-order valence-electron chi connectivity index (χ1n) is 8.42. The lowest BCUT2D eigenvalue weighted by atomic mass is 9.83. The molecule has 2 aromatic rings. The lowest BCUT2D eigenvalue weighted by Crippen LogP contribution is -2.41. The van der Waals surface area contributed by atoms with Crippen LogP contribution in [-0.4, -0.2) is 29.2 Å². The minimum atomic E-state index is -0.577. The number of nitrogens with one attached hydrogen (secondary N) is 1. The number of hydrogen-bond acceptors (Lipinski definition) is 4. The molecule has 1 aromatic heterocycles. The van der Waals surface area contributed by atoms with Crippen molar-refractivity contribution in [2.24, 2.45) is 0 Å². The van der Waals surface area contributed by atoms with Gasteiger partial charge in [-0.3, -0.25) is 9.78 Å². The van der Waals surface area contributed by atoms with Crippen molar-refractivity contribution in [1.82, 2.24) is 10.3 Å². The largest absolute Gasteiger partial charge is 0.514 e. The molecular formula is C19H23BN2O3. The van der Waals surface area contributed by atoms with Gasteiger partial charge in [0.2, 0.25) is 0 Å². The Hall–Kier alpha value is -2.18. The van der Waals surface area contributed by atoms with Gasteiger partial charge < -0.3 is 14.6 Å². The number of pyridine rings is 1. The molecule has 3 rings (SSSR count). The second-order valence-corrected chi connectivity index (χ2v) is 7.23. The molecule has 130 valence electrons. The molecule has 0 radical (unpaired) electrons. The summed E-state index contributed by atoms with van der Waals surface area (Å²) >= 11 is 0. The summed E-state index contributed by atoms with van der Waals surface area (Å²) in [6.07, 6.45) is 1.61. The summed E-state index contributed by atoms with van der Waals surface area (Å²) < 4.78 is 12.0. The maximum atomic E-state index is 12.4. The molecule has 1 fully saturated rings. The molecule has 1 saturated heterocycles. The number of benzene rings is 1. The van der Waals surface area contributed by atoms with E-state index in [0.29, 0.717) is 17.7 Å². The molecule has 5 nitrogen and oxygen atoms in total. The minimum absolute atomic E-state index is 0.149. The van der Waals surface area contributed by atoms with Crippen LogP contribution in [0.15, 0.2) is 48.7 Å². The Morgan fingerprint density at radius 1 is 1.08 bits per heavy atom. The van der Waals surface area contributed by atoms with Crippen LogP contribution in [0.25, 0.3) is 0 Å². The van der Waals surface area contributed by atoms with Gasteiger partial charge in [-0.15, -0.1) is 0 Å². The smallest absolute Gasteiger partial charge is 0.398 e. The van der Waals surface area contributed by atoms with Crippen LogP contribution in [0, 0.1) is 0 Å². The van der Waals surface area contributed by atoms with Gasteiger partial charge in [0.1, 0.15) is 0 Å². The summed E-state index contributed by atoms with van der Waals surface area (Å²) in [5.41, 5.74) is 1.31. The highest BCUT2D eigenvalue weighted by Gasteiger charge is 2.52. The van der Waals surface area contributed by atoms with Crippen molar-refractivity contribution in [2.45, 2.75) is 45.4 Å². The van der Waals surface area contributed by atoms with Crippen LogP contribution >= 0.6 is 0 Å². The third kappa shape index (κ3) is 3.75. The van der Waals surface area contributed by atoms with Gasteiger partial charge in [0, 0.05) is 18.3 Å². The standard InChI is InChI=1S/C19H23BN2O3/c1-18(2)19(3,4)25-20(24-18)16-12-15(10-11-21-16)17(23)22-13-14-8-6-5-7-9-14/h5-12H,13H2,1-4H3,(H,22,23). The molecular weight excluding hydrogens is 315 g/mol. The van der Waals surface area contributed by atoms with E-state index in [9.17, 15) is 4.79 Å². The van der Waals surface area contributed by atoms with Gasteiger partial charge in [0.15, 0.2) is 0 Å². The average molecular weight is 338 g/mol. The number of carbonyl (C=O) groups is 1. The van der Waals surface area contributed by atoms with Gasteiger partial charge in [0.25, 0.3) is 5.91 Å². The maximum absolute atomic E-state index is 12.4. The Morgan fingerprint density at radius 2 is 1.72 bits per heavy atom. The first kappa shape index (κ1) is 17.6. The van der Waals surface area contributed by atoms with E-state index in [1.54, 1.807) is 18.3 Å². The van der Waals surface area contributed by atoms with Crippen LogP contribution in [0.5, 0.6) is 0 Å². The monoisotopic (exact) mass is 338 g/mol. The molecule has 1 amide bonds. The highest BCUT2D eigenvalue weighted by molar-refractivity contribution is 6.61. The molecule has 0 unspecified atom stereocenters. The molecule has 0 aliphatic carbocycles. The zero-order chi connectivity index (χ0) is 18.1. The average Bonchev–Trinajstić information content (AvgIpc) is 2.81. The Morgan fingerprint density at radius 3 is 2.36 bits per heavy atom. The predicted octanol–water partition coefficient (Wildman–Crippen LogP) is 2.31. The molecule has 1 N–H and O–H groups in total. The fourth-order valence-electron chi connectivity index (χ4n) is 2.56. The third-order valence-corrected chi connectivity index (χ3v) is 4.83. The van der Waals surface area contributed by atoms with E-state index in [1.165, 1.54) is 0 Å². The Kier molecular flexibility index (Phi) is 4.67. The molecule has 1 aliphatic rings. The van der Waals surface area contributed by atoms with Gasteiger partial charge in [-0.05, 0) is 45.4 Å². The van der Waals surface area contributed by atoms with Crippen molar-refractivity contribution >= 4 is 18.6 Å². The number of nitrogens with zero attached hydrogens (tertiary/aromatic N) is 1. The number of amides is 1. The van der Waals surface area contributed by atoms with Gasteiger partial charge in [-0.1, -0.05) is 30.3 Å². The molecule has 0 bridgehead atoms. The van der Waals surface area contributed by atoms with Crippen molar-refractivity contribution in [3.8, 4) is 0 Å². The van der Waals surface area contributed by atoms with Gasteiger partial charge in [0.05, 0.1) is 16.8 Å². The quantitative estimate of drug-likeness (QED) is 0.869. The van der Waals surface area contributed by atoms with E-state index >= 15 is 0 Å². The molecule has 25 heavy (non-hydrogen) atoms. The number of aromatic nitrogens is 1. The van der Waals surface area contributed by atoms with E-state index in [2.05, 4.69) is 10.3 Å². The second-order valence-electron chi connectivity index (χ2n) is 7.23. The van der Waals surface area contributed by atoms with Gasteiger partial charge >= 0.3 is 7.12 Å². The SMILES string of the molecule is CC1(C)OB(c2cc(C(=O)NCc3ccccc3)ccn2)OC1(C)C. The summed E-state index contributed by atoms with van der Waals surface area (Å²) in [6, 6.07) is 13.2. The van der Waals surface area contributed by atoms with Crippen LogP contribution < -0.4 is 10.9 Å². The fraction of sp³-hybridized carbons (Fsp3) is 0.368. The fourth-order valence-corrected chi connectivity index (χ4v) is 2.56. The summed E-state index contributed by atoms with van der Waals surface area (Å²) in [6.45, 7) is 8.44. The summed E-state index contributed by atoms with van der Waals surface area (Å²) in [5.74, 6) is -0.149. The highest BCUT2D eigenvalue weighted by Crippen LogP contribution is 2.36. The summed E-state index contributed by atoms with van der Waals surface area (Å²) in [4.78, 5) is 16.7. The van der Waals surface area contributed by atoms with Crippen molar-refractivity contribution < 1.29 is 14.1 Å². The topological polar surface area (TPSA) is 60.5 Å². The lowest BCUT2D eigenvalue weighted by Gasteiger charge is -2.32. The Balaban J connectivity index is 1.70. The first-order valence-corrected chi connectivity index (χ1v) is 8.42. The molecule has 6 heteroatoms. The van der Waals surface area contributed by atoms with Crippen molar-refractivity contribution in [3.05, 3.63) is 59.8 Å². The van der Waals surface area contributed by atoms with Gasteiger partial charge in [-0.2, -0.15) is 0 Å². The first-order chi connectivity index (χ1) is 11.8. The Labute approximate surface area is 148 Å². The molecule has 1 aliphatic heterocycles. The van der Waals surface area contributed by atoms with Crippen LogP contribution in [0.1, 0.15) is 43.6 Å². The Bertz CT molecular complexity index is 746. The van der Waals surface area contributed by atoms with Crippen LogP contribution in [0.3, 0.4) is 0 Å².